The van der Waals surface area contributed by atoms with Gasteiger partial charge in [0.15, 0.2) is 0 Å². The Morgan fingerprint density at radius 2 is 2.06 bits per heavy atom. The average molecular weight is 234 g/mol. The van der Waals surface area contributed by atoms with Gasteiger partial charge in [-0.15, -0.1) is 0 Å². The summed E-state index contributed by atoms with van der Waals surface area (Å²) in [7, 11) is 2.05. The van der Waals surface area contributed by atoms with Gasteiger partial charge in [-0.3, -0.25) is 0 Å². The van der Waals surface area contributed by atoms with Crippen LogP contribution in [-0.4, -0.2) is 11.6 Å². The maximum absolute atomic E-state index is 3.41. The largest absolute Gasteiger partial charge is 0.354 e. The van der Waals surface area contributed by atoms with Gasteiger partial charge in [0.2, 0.25) is 0 Å². The van der Waals surface area contributed by atoms with Crippen LogP contribution in [0.4, 0.5) is 0 Å². The van der Waals surface area contributed by atoms with Gasteiger partial charge in [0.05, 0.1) is 0 Å². The van der Waals surface area contributed by atoms with Crippen molar-refractivity contribution in [2.24, 2.45) is 11.8 Å². The number of hydrogen-bond acceptors (Lipinski definition) is 1. The highest BCUT2D eigenvalue weighted by Crippen LogP contribution is 2.27. The number of aromatic nitrogens is 1. The molecule has 1 aliphatic rings. The summed E-state index contributed by atoms with van der Waals surface area (Å²) >= 11 is 0. The van der Waals surface area contributed by atoms with E-state index in [9.17, 15) is 0 Å². The third kappa shape index (κ3) is 3.12. The summed E-state index contributed by atoms with van der Waals surface area (Å²) in [6, 6.07) is 2.76. The van der Waals surface area contributed by atoms with Gasteiger partial charge in [0, 0.05) is 25.0 Å². The van der Waals surface area contributed by atoms with E-state index in [1.807, 2.05) is 0 Å². The van der Waals surface area contributed by atoms with E-state index in [4.69, 9.17) is 0 Å². The molecule has 2 rings (SSSR count). The molecule has 1 heterocycles. The molecule has 96 valence electrons. The summed E-state index contributed by atoms with van der Waals surface area (Å²) in [4.78, 5) is 0. The Balaban J connectivity index is 1.99. The second-order valence-corrected chi connectivity index (χ2v) is 5.80. The molecular weight excluding hydrogens is 208 g/mol. The van der Waals surface area contributed by atoms with Crippen molar-refractivity contribution in [3.63, 3.8) is 0 Å². The zero-order valence-corrected chi connectivity index (χ0v) is 11.4. The van der Waals surface area contributed by atoms with Gasteiger partial charge in [-0.25, -0.2) is 0 Å². The monoisotopic (exact) mass is 234 g/mol. The Morgan fingerprint density at radius 3 is 2.65 bits per heavy atom. The molecular formula is C15H26N2. The van der Waals surface area contributed by atoms with E-state index in [2.05, 4.69) is 49.2 Å². The predicted octanol–water partition coefficient (Wildman–Crippen LogP) is 3.59. The second-order valence-electron chi connectivity index (χ2n) is 5.80. The summed E-state index contributed by atoms with van der Waals surface area (Å²) in [6.07, 6.45) is 10.3. The van der Waals surface area contributed by atoms with Crippen LogP contribution in [0.25, 0.3) is 0 Å². The first-order valence-corrected chi connectivity index (χ1v) is 7.03. The smallest absolute Gasteiger partial charge is 0.0355 e. The topological polar surface area (TPSA) is 17.0 Å². The Labute approximate surface area is 105 Å². The van der Waals surface area contributed by atoms with Gasteiger partial charge in [0.25, 0.3) is 0 Å². The Hall–Kier alpha value is -0.760. The van der Waals surface area contributed by atoms with Crippen LogP contribution in [0.1, 0.15) is 51.1 Å². The molecule has 2 heteroatoms. The lowest BCUT2D eigenvalue weighted by atomic mass is 9.99. The van der Waals surface area contributed by atoms with Gasteiger partial charge >= 0.3 is 0 Å². The van der Waals surface area contributed by atoms with Crippen LogP contribution in [0.2, 0.25) is 0 Å². The SMILES string of the molecule is CNC(c1ccn(CC2CCCC2)c1)C(C)C. The van der Waals surface area contributed by atoms with Crippen LogP contribution in [0.3, 0.4) is 0 Å². The van der Waals surface area contributed by atoms with Crippen LogP contribution in [-0.2, 0) is 6.54 Å². The van der Waals surface area contributed by atoms with Crippen molar-refractivity contribution in [1.29, 1.82) is 0 Å². The van der Waals surface area contributed by atoms with E-state index in [1.165, 1.54) is 37.8 Å². The lowest BCUT2D eigenvalue weighted by Gasteiger charge is -2.19. The summed E-state index contributed by atoms with van der Waals surface area (Å²) in [5.74, 6) is 1.56. The fourth-order valence-corrected chi connectivity index (χ4v) is 3.13. The van der Waals surface area contributed by atoms with E-state index in [1.54, 1.807) is 0 Å². The molecule has 1 atom stereocenters. The minimum atomic E-state index is 0.486. The van der Waals surface area contributed by atoms with Gasteiger partial charge in [-0.2, -0.15) is 0 Å². The molecule has 1 saturated carbocycles. The minimum absolute atomic E-state index is 0.486. The molecule has 1 aromatic rings. The molecule has 0 radical (unpaired) electrons. The molecule has 2 nitrogen and oxygen atoms in total. The van der Waals surface area contributed by atoms with E-state index in [0.29, 0.717) is 12.0 Å². The van der Waals surface area contributed by atoms with E-state index < -0.39 is 0 Å². The summed E-state index contributed by atoms with van der Waals surface area (Å²) < 4.78 is 2.39. The van der Waals surface area contributed by atoms with Crippen molar-refractivity contribution in [3.8, 4) is 0 Å². The summed E-state index contributed by atoms with van der Waals surface area (Å²) in [6.45, 7) is 5.76. The van der Waals surface area contributed by atoms with Gasteiger partial charge in [-0.1, -0.05) is 26.7 Å². The molecule has 0 bridgehead atoms. The quantitative estimate of drug-likeness (QED) is 0.823. The normalized spacial score (nSPS) is 19.1. The van der Waals surface area contributed by atoms with E-state index >= 15 is 0 Å². The second kappa shape index (κ2) is 5.72. The van der Waals surface area contributed by atoms with Crippen LogP contribution in [0.15, 0.2) is 18.5 Å². The first-order valence-electron chi connectivity index (χ1n) is 7.03. The van der Waals surface area contributed by atoms with E-state index in [0.717, 1.165) is 5.92 Å². The highest BCUT2D eigenvalue weighted by molar-refractivity contribution is 5.16. The highest BCUT2D eigenvalue weighted by atomic mass is 15.0. The molecule has 0 saturated heterocycles. The fourth-order valence-electron chi connectivity index (χ4n) is 3.13. The molecule has 1 aromatic heterocycles. The van der Waals surface area contributed by atoms with Gasteiger partial charge in [-0.05, 0) is 43.4 Å². The molecule has 1 fully saturated rings. The molecule has 0 aliphatic heterocycles. The molecule has 0 aromatic carbocycles. The average Bonchev–Trinajstić information content (AvgIpc) is 2.91. The first kappa shape index (κ1) is 12.7. The van der Waals surface area contributed by atoms with Crippen LogP contribution < -0.4 is 5.32 Å². The van der Waals surface area contributed by atoms with E-state index in [-0.39, 0.29) is 0 Å². The Kier molecular flexibility index (Phi) is 4.27. The van der Waals surface area contributed by atoms with Crippen molar-refractivity contribution in [3.05, 3.63) is 24.0 Å². The lowest BCUT2D eigenvalue weighted by molar-refractivity contribution is 0.436. The first-order chi connectivity index (χ1) is 8.20. The standard InChI is InChI=1S/C15H26N2/c1-12(2)15(16-3)14-8-9-17(11-14)10-13-6-4-5-7-13/h8-9,11-13,15-16H,4-7,10H2,1-3H3. The van der Waals surface area contributed by atoms with Crippen molar-refractivity contribution >= 4 is 0 Å². The maximum Gasteiger partial charge on any atom is 0.0355 e. The molecule has 1 unspecified atom stereocenters. The number of rotatable bonds is 5. The van der Waals surface area contributed by atoms with Crippen molar-refractivity contribution in [2.45, 2.75) is 52.1 Å². The molecule has 1 N–H and O–H groups in total. The molecule has 0 spiro atoms. The number of nitrogens with zero attached hydrogens (tertiary/aromatic N) is 1. The predicted molar refractivity (Wildman–Crippen MR) is 73.0 cm³/mol. The lowest BCUT2D eigenvalue weighted by Crippen LogP contribution is -2.21. The third-order valence-corrected chi connectivity index (χ3v) is 4.05. The Morgan fingerprint density at radius 1 is 1.35 bits per heavy atom. The van der Waals surface area contributed by atoms with Crippen molar-refractivity contribution in [2.75, 3.05) is 7.05 Å². The number of hydrogen-bond donors (Lipinski definition) is 1. The maximum atomic E-state index is 3.41. The molecule has 17 heavy (non-hydrogen) atoms. The van der Waals surface area contributed by atoms with Crippen LogP contribution >= 0.6 is 0 Å². The zero-order chi connectivity index (χ0) is 12.3. The van der Waals surface area contributed by atoms with Crippen molar-refractivity contribution < 1.29 is 0 Å². The van der Waals surface area contributed by atoms with Crippen LogP contribution in [0.5, 0.6) is 0 Å². The molecule has 0 amide bonds. The Bertz CT molecular complexity index is 334. The summed E-state index contributed by atoms with van der Waals surface area (Å²) in [5.41, 5.74) is 1.43. The zero-order valence-electron chi connectivity index (χ0n) is 11.4. The third-order valence-electron chi connectivity index (χ3n) is 4.05. The molecule has 1 aliphatic carbocycles. The van der Waals surface area contributed by atoms with Crippen LogP contribution in [0, 0.1) is 11.8 Å². The minimum Gasteiger partial charge on any atom is -0.354 e. The number of nitrogens with one attached hydrogen (secondary N) is 1. The highest BCUT2D eigenvalue weighted by Gasteiger charge is 2.17. The fraction of sp³-hybridized carbons (Fsp3) is 0.733. The van der Waals surface area contributed by atoms with Gasteiger partial charge in [0.1, 0.15) is 0 Å². The van der Waals surface area contributed by atoms with Crippen molar-refractivity contribution in [1.82, 2.24) is 9.88 Å². The van der Waals surface area contributed by atoms with Gasteiger partial charge < -0.3 is 9.88 Å². The summed E-state index contributed by atoms with van der Waals surface area (Å²) in [5, 5.41) is 3.41.